The van der Waals surface area contributed by atoms with E-state index in [4.69, 9.17) is 0 Å². The van der Waals surface area contributed by atoms with Gasteiger partial charge in [0.25, 0.3) is 0 Å². The standard InChI is InChI=1S/C17H14N4O2S2/c1-2-24-16-13-10-6-7-11-14(13)21-15(18-16)17(19-20-21)25(22,23)12-8-4-3-5-9-12/h3-11H,2H2,1H3. The second-order valence-corrected chi connectivity index (χ2v) is 8.43. The topological polar surface area (TPSA) is 77.2 Å². The average Bonchev–Trinajstić information content (AvgIpc) is 3.08. The van der Waals surface area contributed by atoms with Crippen molar-refractivity contribution in [1.82, 2.24) is 19.8 Å². The van der Waals surface area contributed by atoms with Crippen molar-refractivity contribution in [1.29, 1.82) is 0 Å². The summed E-state index contributed by atoms with van der Waals surface area (Å²) >= 11 is 1.56. The van der Waals surface area contributed by atoms with Gasteiger partial charge in [0.05, 0.1) is 10.4 Å². The Labute approximate surface area is 148 Å². The number of para-hydroxylation sites is 1. The number of sulfone groups is 1. The molecule has 0 aliphatic carbocycles. The molecule has 0 saturated carbocycles. The van der Waals surface area contributed by atoms with E-state index in [9.17, 15) is 8.42 Å². The van der Waals surface area contributed by atoms with Crippen LogP contribution >= 0.6 is 11.8 Å². The highest BCUT2D eigenvalue weighted by molar-refractivity contribution is 7.99. The van der Waals surface area contributed by atoms with Gasteiger partial charge in [-0.15, -0.1) is 16.9 Å². The van der Waals surface area contributed by atoms with Gasteiger partial charge in [0, 0.05) is 5.39 Å². The fourth-order valence-corrected chi connectivity index (χ4v) is 4.66. The molecule has 0 aliphatic rings. The van der Waals surface area contributed by atoms with E-state index in [1.54, 1.807) is 42.1 Å². The monoisotopic (exact) mass is 370 g/mol. The summed E-state index contributed by atoms with van der Waals surface area (Å²) in [5.41, 5.74) is 1.03. The van der Waals surface area contributed by atoms with E-state index in [-0.39, 0.29) is 15.6 Å². The van der Waals surface area contributed by atoms with Gasteiger partial charge in [0.15, 0.2) is 5.65 Å². The summed E-state index contributed by atoms with van der Waals surface area (Å²) < 4.78 is 27.4. The first-order chi connectivity index (χ1) is 12.1. The van der Waals surface area contributed by atoms with E-state index >= 15 is 0 Å². The van der Waals surface area contributed by atoms with E-state index in [1.807, 2.05) is 31.2 Å². The minimum Gasteiger partial charge on any atom is -0.219 e. The smallest absolute Gasteiger partial charge is 0.219 e. The van der Waals surface area contributed by atoms with Gasteiger partial charge in [-0.1, -0.05) is 48.5 Å². The highest BCUT2D eigenvalue weighted by Crippen LogP contribution is 2.29. The molecule has 0 N–H and O–H groups in total. The molecule has 0 saturated heterocycles. The lowest BCUT2D eigenvalue weighted by atomic mass is 10.2. The van der Waals surface area contributed by atoms with Gasteiger partial charge in [-0.3, -0.25) is 0 Å². The highest BCUT2D eigenvalue weighted by Gasteiger charge is 2.26. The zero-order chi connectivity index (χ0) is 17.4. The largest absolute Gasteiger partial charge is 0.229 e. The Kier molecular flexibility index (Phi) is 3.93. The molecule has 0 fully saturated rings. The second kappa shape index (κ2) is 6.12. The Balaban J connectivity index is 2.05. The molecule has 0 unspecified atom stereocenters. The number of fused-ring (bicyclic) bond motifs is 3. The Hall–Kier alpha value is -2.45. The molecule has 0 bridgehead atoms. The van der Waals surface area contributed by atoms with Crippen LogP contribution in [0.25, 0.3) is 16.6 Å². The van der Waals surface area contributed by atoms with Crippen molar-refractivity contribution in [2.45, 2.75) is 21.9 Å². The van der Waals surface area contributed by atoms with Crippen LogP contribution in [0, 0.1) is 0 Å². The van der Waals surface area contributed by atoms with Gasteiger partial charge < -0.3 is 0 Å². The Morgan fingerprint density at radius 1 is 1.04 bits per heavy atom. The SMILES string of the molecule is CCSc1nc2c(S(=O)(=O)c3ccccc3)nnn2c2ccccc12. The fourth-order valence-electron chi connectivity index (χ4n) is 2.65. The van der Waals surface area contributed by atoms with Crippen molar-refractivity contribution in [3.8, 4) is 0 Å². The lowest BCUT2D eigenvalue weighted by molar-refractivity contribution is 0.592. The summed E-state index contributed by atoms with van der Waals surface area (Å²) in [5.74, 6) is 0.829. The van der Waals surface area contributed by atoms with Crippen molar-refractivity contribution in [3.63, 3.8) is 0 Å². The fraction of sp³-hybridized carbons (Fsp3) is 0.118. The third kappa shape index (κ3) is 2.58. The molecule has 0 radical (unpaired) electrons. The summed E-state index contributed by atoms with van der Waals surface area (Å²) in [6.07, 6.45) is 0. The van der Waals surface area contributed by atoms with Crippen molar-refractivity contribution < 1.29 is 8.42 Å². The van der Waals surface area contributed by atoms with Gasteiger partial charge in [-0.25, -0.2) is 13.4 Å². The first kappa shape index (κ1) is 16.0. The Morgan fingerprint density at radius 2 is 1.76 bits per heavy atom. The van der Waals surface area contributed by atoms with Gasteiger partial charge in [-0.2, -0.15) is 4.52 Å². The first-order valence-electron chi connectivity index (χ1n) is 7.70. The number of aromatic nitrogens is 4. The molecule has 8 heteroatoms. The van der Waals surface area contributed by atoms with Crippen molar-refractivity contribution in [3.05, 3.63) is 54.6 Å². The normalized spacial score (nSPS) is 12.0. The maximum absolute atomic E-state index is 13.0. The molecule has 2 aromatic heterocycles. The molecule has 0 atom stereocenters. The second-order valence-electron chi connectivity index (χ2n) is 5.31. The van der Waals surface area contributed by atoms with Crippen LogP contribution in [-0.4, -0.2) is 34.0 Å². The van der Waals surface area contributed by atoms with Crippen molar-refractivity contribution >= 4 is 38.1 Å². The van der Waals surface area contributed by atoms with Crippen molar-refractivity contribution in [2.75, 3.05) is 5.75 Å². The maximum Gasteiger partial charge on any atom is 0.229 e. The maximum atomic E-state index is 13.0. The van der Waals surface area contributed by atoms with Crippen LogP contribution in [0.1, 0.15) is 6.92 Å². The van der Waals surface area contributed by atoms with E-state index in [1.165, 1.54) is 4.52 Å². The number of hydrogen-bond donors (Lipinski definition) is 0. The average molecular weight is 370 g/mol. The molecule has 0 amide bonds. The number of benzene rings is 2. The van der Waals surface area contributed by atoms with Gasteiger partial charge in [-0.05, 0) is 24.0 Å². The van der Waals surface area contributed by atoms with E-state index in [2.05, 4.69) is 15.3 Å². The molecule has 0 aliphatic heterocycles. The van der Waals surface area contributed by atoms with E-state index < -0.39 is 9.84 Å². The van der Waals surface area contributed by atoms with Crippen LogP contribution < -0.4 is 0 Å². The van der Waals surface area contributed by atoms with Crippen LogP contribution in [0.3, 0.4) is 0 Å². The molecule has 2 heterocycles. The lowest BCUT2D eigenvalue weighted by Gasteiger charge is -2.07. The van der Waals surface area contributed by atoms with E-state index in [0.29, 0.717) is 0 Å². The molecule has 2 aromatic carbocycles. The number of hydrogen-bond acceptors (Lipinski definition) is 6. The number of thioether (sulfide) groups is 1. The molecule has 4 rings (SSSR count). The predicted octanol–water partition coefficient (Wildman–Crippen LogP) is 3.22. The van der Waals surface area contributed by atoms with Gasteiger partial charge >= 0.3 is 0 Å². The summed E-state index contributed by atoms with van der Waals surface area (Å²) in [7, 11) is -3.79. The third-order valence-electron chi connectivity index (χ3n) is 3.78. The quantitative estimate of drug-likeness (QED) is 0.405. The zero-order valence-corrected chi connectivity index (χ0v) is 15.0. The van der Waals surface area contributed by atoms with Crippen molar-refractivity contribution in [2.24, 2.45) is 0 Å². The van der Waals surface area contributed by atoms with Gasteiger partial charge in [0.1, 0.15) is 5.03 Å². The van der Waals surface area contributed by atoms with Crippen LogP contribution in [0.4, 0.5) is 0 Å². The summed E-state index contributed by atoms with van der Waals surface area (Å²) in [4.78, 5) is 4.74. The molecule has 126 valence electrons. The number of nitrogens with zero attached hydrogens (tertiary/aromatic N) is 4. The molecule has 6 nitrogen and oxygen atoms in total. The molecular weight excluding hydrogens is 356 g/mol. The van der Waals surface area contributed by atoms with Gasteiger partial charge in [0.2, 0.25) is 14.9 Å². The highest BCUT2D eigenvalue weighted by atomic mass is 32.2. The summed E-state index contributed by atoms with van der Waals surface area (Å²) in [5, 5.41) is 9.58. The van der Waals surface area contributed by atoms with E-state index in [0.717, 1.165) is 21.7 Å². The van der Waals surface area contributed by atoms with Crippen LogP contribution in [0.2, 0.25) is 0 Å². The Bertz CT molecular complexity index is 1170. The molecule has 25 heavy (non-hydrogen) atoms. The summed E-state index contributed by atoms with van der Waals surface area (Å²) in [6, 6.07) is 15.9. The molecular formula is C17H14N4O2S2. The number of rotatable bonds is 4. The van der Waals surface area contributed by atoms with Crippen LogP contribution in [0.5, 0.6) is 0 Å². The molecule has 4 aromatic rings. The lowest BCUT2D eigenvalue weighted by Crippen LogP contribution is -2.04. The summed E-state index contributed by atoms with van der Waals surface area (Å²) in [6.45, 7) is 2.03. The minimum absolute atomic E-state index is 0.123. The third-order valence-corrected chi connectivity index (χ3v) is 6.32. The Morgan fingerprint density at radius 3 is 2.52 bits per heavy atom. The first-order valence-corrected chi connectivity index (χ1v) is 10.2. The zero-order valence-electron chi connectivity index (χ0n) is 13.3. The minimum atomic E-state index is -3.79. The van der Waals surface area contributed by atoms with Crippen LogP contribution in [-0.2, 0) is 9.84 Å². The predicted molar refractivity (Wildman–Crippen MR) is 96.6 cm³/mol. The van der Waals surface area contributed by atoms with Crippen LogP contribution in [0.15, 0.2) is 69.5 Å². The molecule has 0 spiro atoms.